The second-order valence-corrected chi connectivity index (χ2v) is 8.27. The second kappa shape index (κ2) is 8.26. The van der Waals surface area contributed by atoms with E-state index in [1.807, 2.05) is 46.5 Å². The summed E-state index contributed by atoms with van der Waals surface area (Å²) in [6.07, 6.45) is 4.63. The molecular formula is C23H26N8O2. The molecule has 170 valence electrons. The molecule has 1 aliphatic heterocycles. The van der Waals surface area contributed by atoms with Crippen molar-refractivity contribution in [1.82, 2.24) is 28.4 Å². The van der Waals surface area contributed by atoms with E-state index in [-0.39, 0.29) is 6.54 Å². The Morgan fingerprint density at radius 2 is 2.00 bits per heavy atom. The number of rotatable bonds is 4. The summed E-state index contributed by atoms with van der Waals surface area (Å²) in [7, 11) is 1.62. The lowest BCUT2D eigenvalue weighted by Crippen LogP contribution is -2.40. The smallest absolute Gasteiger partial charge is 0.331 e. The van der Waals surface area contributed by atoms with E-state index in [1.54, 1.807) is 7.05 Å². The van der Waals surface area contributed by atoms with E-state index in [0.717, 1.165) is 44.1 Å². The molecule has 0 saturated carbocycles. The highest BCUT2D eigenvalue weighted by molar-refractivity contribution is 5.89. The molecule has 33 heavy (non-hydrogen) atoms. The zero-order valence-corrected chi connectivity index (χ0v) is 18.8. The van der Waals surface area contributed by atoms with Crippen LogP contribution in [0.5, 0.6) is 0 Å². The first-order valence-corrected chi connectivity index (χ1v) is 11.2. The van der Waals surface area contributed by atoms with Crippen LogP contribution in [0.4, 0.5) is 5.82 Å². The van der Waals surface area contributed by atoms with E-state index >= 15 is 0 Å². The molecule has 4 aromatic rings. The average molecular weight is 447 g/mol. The molecule has 0 amide bonds. The fourth-order valence-electron chi connectivity index (χ4n) is 4.79. The summed E-state index contributed by atoms with van der Waals surface area (Å²) < 4.78 is 6.39. The predicted octanol–water partition coefficient (Wildman–Crippen LogP) is 0.889. The molecule has 5 heterocycles. The molecule has 5 rings (SSSR count). The summed E-state index contributed by atoms with van der Waals surface area (Å²) in [6, 6.07) is 7.94. The lowest BCUT2D eigenvalue weighted by atomic mass is 10.2. The number of imidazole rings is 1. The number of fused-ring (bicyclic) bond motifs is 2. The van der Waals surface area contributed by atoms with Gasteiger partial charge in [0.25, 0.3) is 5.56 Å². The Bertz CT molecular complexity index is 1470. The molecule has 0 spiro atoms. The number of nitrogens with zero attached hydrogens (tertiary/aromatic N) is 7. The molecule has 1 fully saturated rings. The Morgan fingerprint density at radius 3 is 2.76 bits per heavy atom. The lowest BCUT2D eigenvalue weighted by molar-refractivity contribution is 0.644. The Hall–Kier alpha value is -3.84. The van der Waals surface area contributed by atoms with Crippen LogP contribution in [0.25, 0.3) is 16.7 Å². The van der Waals surface area contributed by atoms with Gasteiger partial charge in [0.2, 0.25) is 0 Å². The maximum Gasteiger partial charge on any atom is 0.331 e. The van der Waals surface area contributed by atoms with E-state index < -0.39 is 11.2 Å². The fourth-order valence-corrected chi connectivity index (χ4v) is 4.79. The Kier molecular flexibility index (Phi) is 5.26. The maximum absolute atomic E-state index is 13.7. The van der Waals surface area contributed by atoms with Crippen molar-refractivity contribution in [2.24, 2.45) is 7.05 Å². The number of nitrogens with one attached hydrogen (secondary N) is 1. The normalized spacial score (nSPS) is 14.6. The molecular weight excluding hydrogens is 420 g/mol. The minimum atomic E-state index is -0.460. The molecule has 1 saturated heterocycles. The zero-order valence-electron chi connectivity index (χ0n) is 18.8. The Labute approximate surface area is 189 Å². The van der Waals surface area contributed by atoms with Gasteiger partial charge in [-0.1, -0.05) is 6.07 Å². The molecule has 10 heteroatoms. The summed E-state index contributed by atoms with van der Waals surface area (Å²) in [5.41, 5.74) is 1.67. The largest absolute Gasteiger partial charge is 0.356 e. The van der Waals surface area contributed by atoms with Crippen molar-refractivity contribution in [3.05, 3.63) is 62.7 Å². The third-order valence-corrected chi connectivity index (χ3v) is 6.31. The number of hydrogen-bond donors (Lipinski definition) is 1. The van der Waals surface area contributed by atoms with Gasteiger partial charge in [-0.25, -0.2) is 9.78 Å². The molecule has 10 nitrogen and oxygen atoms in total. The van der Waals surface area contributed by atoms with E-state index in [1.165, 1.54) is 9.13 Å². The van der Waals surface area contributed by atoms with Crippen LogP contribution in [-0.4, -0.2) is 49.3 Å². The summed E-state index contributed by atoms with van der Waals surface area (Å²) in [4.78, 5) is 33.7. The molecule has 0 bridgehead atoms. The maximum atomic E-state index is 13.7. The lowest BCUT2D eigenvalue weighted by Gasteiger charge is -2.24. The molecule has 0 radical (unpaired) electrons. The van der Waals surface area contributed by atoms with E-state index in [0.29, 0.717) is 28.8 Å². The highest BCUT2D eigenvalue weighted by Crippen LogP contribution is 2.30. The van der Waals surface area contributed by atoms with Crippen LogP contribution in [0.1, 0.15) is 24.6 Å². The van der Waals surface area contributed by atoms with Crippen LogP contribution in [0.3, 0.4) is 0 Å². The van der Waals surface area contributed by atoms with Crippen molar-refractivity contribution >= 4 is 22.5 Å². The van der Waals surface area contributed by atoms with Gasteiger partial charge in [0.05, 0.1) is 17.8 Å². The van der Waals surface area contributed by atoms with Gasteiger partial charge in [-0.2, -0.15) is 5.26 Å². The van der Waals surface area contributed by atoms with Gasteiger partial charge in [0.1, 0.15) is 28.6 Å². The van der Waals surface area contributed by atoms with E-state index in [4.69, 9.17) is 0 Å². The van der Waals surface area contributed by atoms with Gasteiger partial charge < -0.3 is 19.2 Å². The second-order valence-electron chi connectivity index (χ2n) is 8.27. The quantitative estimate of drug-likeness (QED) is 0.499. The summed E-state index contributed by atoms with van der Waals surface area (Å²) in [6.45, 7) is 5.75. The number of aryl methyl sites for hydroxylation is 2. The van der Waals surface area contributed by atoms with Gasteiger partial charge in [-0.15, -0.1) is 0 Å². The van der Waals surface area contributed by atoms with Gasteiger partial charge in [-0.05, 0) is 32.0 Å². The topological polar surface area (TPSA) is 105 Å². The molecule has 0 unspecified atom stereocenters. The third kappa shape index (κ3) is 3.32. The molecule has 4 aromatic heterocycles. The monoisotopic (exact) mass is 446 g/mol. The van der Waals surface area contributed by atoms with Crippen molar-refractivity contribution in [2.45, 2.75) is 26.4 Å². The number of aromatic nitrogens is 5. The molecule has 1 N–H and O–H groups in total. The van der Waals surface area contributed by atoms with E-state index in [9.17, 15) is 14.9 Å². The number of pyridine rings is 1. The minimum absolute atomic E-state index is 0.0584. The van der Waals surface area contributed by atoms with Crippen LogP contribution < -0.4 is 21.5 Å². The summed E-state index contributed by atoms with van der Waals surface area (Å²) >= 11 is 0. The Balaban J connectivity index is 1.74. The SMILES string of the molecule is CCn1c(N2CCCNCC2)c(C#N)c2c1c(=O)n(Cc1cn3ccccc3n1)c(=O)n2C. The van der Waals surface area contributed by atoms with Crippen molar-refractivity contribution < 1.29 is 0 Å². The molecule has 1 aliphatic rings. The van der Waals surface area contributed by atoms with Crippen molar-refractivity contribution in [3.63, 3.8) is 0 Å². The summed E-state index contributed by atoms with van der Waals surface area (Å²) in [5, 5.41) is 13.4. The van der Waals surface area contributed by atoms with Gasteiger partial charge in [-0.3, -0.25) is 13.9 Å². The minimum Gasteiger partial charge on any atom is -0.356 e. The molecule has 0 aliphatic carbocycles. The fraction of sp³-hybridized carbons (Fsp3) is 0.391. The third-order valence-electron chi connectivity index (χ3n) is 6.31. The first kappa shape index (κ1) is 21.0. The summed E-state index contributed by atoms with van der Waals surface area (Å²) in [5.74, 6) is 0.719. The highest BCUT2D eigenvalue weighted by atomic mass is 16.2. The van der Waals surface area contributed by atoms with Gasteiger partial charge >= 0.3 is 5.69 Å². The van der Waals surface area contributed by atoms with Crippen LogP contribution in [-0.2, 0) is 20.1 Å². The van der Waals surface area contributed by atoms with Crippen LogP contribution >= 0.6 is 0 Å². The standard InChI is InChI=1S/C23H26N8O2/c1-3-30-20-19(17(13-24)21(30)28-11-6-8-25-9-12-28)27(2)23(33)31(22(20)32)15-16-14-29-10-5-4-7-18(29)26-16/h4-5,7,10,14,25H,3,6,8-9,11-12,15H2,1-2H3. The van der Waals surface area contributed by atoms with Crippen molar-refractivity contribution in [2.75, 3.05) is 31.1 Å². The number of nitriles is 1. The average Bonchev–Trinajstić information content (AvgIpc) is 3.27. The predicted molar refractivity (Wildman–Crippen MR) is 126 cm³/mol. The van der Waals surface area contributed by atoms with Crippen molar-refractivity contribution in [1.29, 1.82) is 5.26 Å². The zero-order chi connectivity index (χ0) is 23.1. The van der Waals surface area contributed by atoms with Gasteiger partial charge in [0.15, 0.2) is 0 Å². The molecule has 0 aromatic carbocycles. The van der Waals surface area contributed by atoms with Crippen LogP contribution in [0.15, 0.2) is 40.2 Å². The Morgan fingerprint density at radius 1 is 1.15 bits per heavy atom. The first-order chi connectivity index (χ1) is 16.0. The van der Waals surface area contributed by atoms with Crippen molar-refractivity contribution in [3.8, 4) is 6.07 Å². The van der Waals surface area contributed by atoms with Crippen LogP contribution in [0, 0.1) is 11.3 Å². The first-order valence-electron chi connectivity index (χ1n) is 11.2. The van der Waals surface area contributed by atoms with E-state index in [2.05, 4.69) is 21.3 Å². The number of hydrogen-bond acceptors (Lipinski definition) is 6. The number of anilines is 1. The highest BCUT2D eigenvalue weighted by Gasteiger charge is 2.27. The van der Waals surface area contributed by atoms with Gasteiger partial charge in [0, 0.05) is 45.6 Å². The van der Waals surface area contributed by atoms with Crippen LogP contribution in [0.2, 0.25) is 0 Å². The molecule has 0 atom stereocenters.